The number of amides is 1. The fraction of sp³-hybridized carbons (Fsp3) is 0.125. The normalized spacial score (nSPS) is 10.9. The lowest BCUT2D eigenvalue weighted by Crippen LogP contribution is -2.14. The van der Waals surface area contributed by atoms with Gasteiger partial charge in [-0.1, -0.05) is 41.0 Å². The third-order valence-corrected chi connectivity index (χ3v) is 5.78. The first-order valence-corrected chi connectivity index (χ1v) is 9.32. The number of hydrogen-bond donors (Lipinski definition) is 1. The summed E-state index contributed by atoms with van der Waals surface area (Å²) >= 11 is 15.0. The van der Waals surface area contributed by atoms with Crippen LogP contribution in [0.4, 0.5) is 5.69 Å². The molecule has 1 amide bonds. The Morgan fingerprint density at radius 1 is 1.26 bits per heavy atom. The Balaban J connectivity index is 1.63. The molecular weight excluding hydrogens is 371 g/mol. The second kappa shape index (κ2) is 7.09. The Bertz CT molecular complexity index is 880. The van der Waals surface area contributed by atoms with Gasteiger partial charge in [0.1, 0.15) is 0 Å². The minimum absolute atomic E-state index is 0.113. The van der Waals surface area contributed by atoms with Crippen molar-refractivity contribution >= 4 is 68.1 Å². The van der Waals surface area contributed by atoms with E-state index in [1.54, 1.807) is 17.4 Å². The van der Waals surface area contributed by atoms with E-state index in [2.05, 4.69) is 10.3 Å². The summed E-state index contributed by atoms with van der Waals surface area (Å²) in [6, 6.07) is 11.1. The van der Waals surface area contributed by atoms with Crippen LogP contribution in [-0.2, 0) is 4.79 Å². The van der Waals surface area contributed by atoms with E-state index in [-0.39, 0.29) is 11.7 Å². The average molecular weight is 383 g/mol. The third-order valence-electron chi connectivity index (χ3n) is 3.06. The quantitative estimate of drug-likeness (QED) is 0.593. The summed E-state index contributed by atoms with van der Waals surface area (Å²) in [5.74, 6) is 0.163. The summed E-state index contributed by atoms with van der Waals surface area (Å²) in [7, 11) is 0. The number of aryl methyl sites for hydroxylation is 1. The van der Waals surface area contributed by atoms with Crippen LogP contribution in [-0.4, -0.2) is 16.6 Å². The van der Waals surface area contributed by atoms with Crippen molar-refractivity contribution < 1.29 is 4.79 Å². The van der Waals surface area contributed by atoms with E-state index in [1.165, 1.54) is 11.8 Å². The minimum atomic E-state index is -0.113. The number of halogens is 2. The topological polar surface area (TPSA) is 42.0 Å². The Morgan fingerprint density at radius 2 is 2.09 bits per heavy atom. The molecule has 7 heteroatoms. The summed E-state index contributed by atoms with van der Waals surface area (Å²) < 4.78 is 1.89. The largest absolute Gasteiger partial charge is 0.324 e. The first-order chi connectivity index (χ1) is 11.0. The Hall–Kier alpha value is -1.27. The number of anilines is 1. The van der Waals surface area contributed by atoms with Crippen LogP contribution in [0.3, 0.4) is 0 Å². The standard InChI is InChI=1S/C16H12Cl2N2OS2/c1-9-2-4-12(11(18)6-9)19-15(21)8-22-16-20-13-7-10(17)3-5-14(13)23-16/h2-7H,8H2,1H3,(H,19,21). The first kappa shape index (κ1) is 16.6. The summed E-state index contributed by atoms with van der Waals surface area (Å²) in [4.78, 5) is 16.5. The smallest absolute Gasteiger partial charge is 0.234 e. The molecule has 0 aliphatic rings. The summed E-state index contributed by atoms with van der Waals surface area (Å²) in [5.41, 5.74) is 2.53. The molecule has 0 bridgehead atoms. The van der Waals surface area contributed by atoms with E-state index in [4.69, 9.17) is 23.2 Å². The minimum Gasteiger partial charge on any atom is -0.324 e. The number of aromatic nitrogens is 1. The molecule has 3 aromatic rings. The second-order valence-electron chi connectivity index (χ2n) is 4.91. The average Bonchev–Trinajstić information content (AvgIpc) is 2.90. The molecule has 0 saturated heterocycles. The van der Waals surface area contributed by atoms with Crippen LogP contribution < -0.4 is 5.32 Å². The molecule has 1 aromatic heterocycles. The number of benzene rings is 2. The van der Waals surface area contributed by atoms with Crippen molar-refractivity contribution in [2.24, 2.45) is 0 Å². The van der Waals surface area contributed by atoms with Crippen molar-refractivity contribution in [3.05, 3.63) is 52.0 Å². The molecule has 1 heterocycles. The molecule has 2 aromatic carbocycles. The van der Waals surface area contributed by atoms with Crippen molar-refractivity contribution in [3.63, 3.8) is 0 Å². The predicted molar refractivity (Wildman–Crippen MR) is 100 cm³/mol. The molecule has 1 N–H and O–H groups in total. The highest BCUT2D eigenvalue weighted by Gasteiger charge is 2.10. The van der Waals surface area contributed by atoms with Crippen LogP contribution in [0.5, 0.6) is 0 Å². The van der Waals surface area contributed by atoms with Crippen LogP contribution in [0.25, 0.3) is 10.2 Å². The summed E-state index contributed by atoms with van der Waals surface area (Å²) in [5, 5.41) is 4.01. The number of hydrogen-bond acceptors (Lipinski definition) is 4. The number of nitrogens with one attached hydrogen (secondary N) is 1. The highest BCUT2D eigenvalue weighted by atomic mass is 35.5. The molecule has 0 unspecified atom stereocenters. The zero-order valence-electron chi connectivity index (χ0n) is 12.1. The van der Waals surface area contributed by atoms with E-state index >= 15 is 0 Å². The number of carbonyl (C=O) groups is 1. The number of rotatable bonds is 4. The highest BCUT2D eigenvalue weighted by molar-refractivity contribution is 8.01. The number of thioether (sulfide) groups is 1. The number of carbonyl (C=O) groups excluding carboxylic acids is 1. The van der Waals surface area contributed by atoms with Gasteiger partial charge in [0.2, 0.25) is 5.91 Å². The third kappa shape index (κ3) is 4.18. The monoisotopic (exact) mass is 382 g/mol. The van der Waals surface area contributed by atoms with Gasteiger partial charge >= 0.3 is 0 Å². The molecule has 0 atom stereocenters. The molecule has 0 saturated carbocycles. The van der Waals surface area contributed by atoms with E-state index < -0.39 is 0 Å². The van der Waals surface area contributed by atoms with Gasteiger partial charge in [-0.15, -0.1) is 11.3 Å². The predicted octanol–water partition coefficient (Wildman–Crippen LogP) is 5.64. The summed E-state index contributed by atoms with van der Waals surface area (Å²) in [6.07, 6.45) is 0. The second-order valence-corrected chi connectivity index (χ2v) is 8.01. The molecule has 23 heavy (non-hydrogen) atoms. The highest BCUT2D eigenvalue weighted by Crippen LogP contribution is 2.31. The molecule has 0 fully saturated rings. The van der Waals surface area contributed by atoms with Crippen LogP contribution in [0.1, 0.15) is 5.56 Å². The molecule has 0 aliphatic carbocycles. The molecule has 3 rings (SSSR count). The van der Waals surface area contributed by atoms with Gasteiger partial charge in [-0.3, -0.25) is 4.79 Å². The SMILES string of the molecule is Cc1ccc(NC(=O)CSc2nc3cc(Cl)ccc3s2)c(Cl)c1. The van der Waals surface area contributed by atoms with Gasteiger partial charge in [-0.25, -0.2) is 4.98 Å². The molecule has 0 aliphatic heterocycles. The van der Waals surface area contributed by atoms with Crippen LogP contribution in [0, 0.1) is 6.92 Å². The lowest BCUT2D eigenvalue weighted by Gasteiger charge is -2.07. The first-order valence-electron chi connectivity index (χ1n) is 6.76. The number of fused-ring (bicyclic) bond motifs is 1. The molecule has 3 nitrogen and oxygen atoms in total. The zero-order chi connectivity index (χ0) is 16.4. The van der Waals surface area contributed by atoms with E-state index in [0.29, 0.717) is 15.7 Å². The van der Waals surface area contributed by atoms with Gasteiger partial charge in [0.25, 0.3) is 0 Å². The van der Waals surface area contributed by atoms with Crippen LogP contribution >= 0.6 is 46.3 Å². The van der Waals surface area contributed by atoms with Crippen molar-refractivity contribution in [3.8, 4) is 0 Å². The fourth-order valence-electron chi connectivity index (χ4n) is 1.98. The van der Waals surface area contributed by atoms with Gasteiger partial charge in [0.15, 0.2) is 4.34 Å². The fourth-order valence-corrected chi connectivity index (χ4v) is 4.27. The maximum absolute atomic E-state index is 12.1. The lowest BCUT2D eigenvalue weighted by atomic mass is 10.2. The van der Waals surface area contributed by atoms with Crippen molar-refractivity contribution in [2.45, 2.75) is 11.3 Å². The Morgan fingerprint density at radius 3 is 2.87 bits per heavy atom. The number of thiazole rings is 1. The summed E-state index contributed by atoms with van der Waals surface area (Å²) in [6.45, 7) is 1.95. The van der Waals surface area contributed by atoms with Gasteiger partial charge in [0.05, 0.1) is 26.7 Å². The van der Waals surface area contributed by atoms with Gasteiger partial charge in [-0.2, -0.15) is 0 Å². The lowest BCUT2D eigenvalue weighted by molar-refractivity contribution is -0.113. The van der Waals surface area contributed by atoms with Crippen molar-refractivity contribution in [2.75, 3.05) is 11.1 Å². The Kier molecular flexibility index (Phi) is 5.11. The Labute approximate surface area is 152 Å². The van der Waals surface area contributed by atoms with E-state index in [1.807, 2.05) is 37.3 Å². The zero-order valence-corrected chi connectivity index (χ0v) is 15.2. The number of nitrogens with zero attached hydrogens (tertiary/aromatic N) is 1. The van der Waals surface area contributed by atoms with E-state index in [0.717, 1.165) is 20.1 Å². The molecule has 0 spiro atoms. The van der Waals surface area contributed by atoms with Crippen molar-refractivity contribution in [1.82, 2.24) is 4.98 Å². The maximum Gasteiger partial charge on any atom is 0.234 e. The van der Waals surface area contributed by atoms with Gasteiger partial charge in [0, 0.05) is 5.02 Å². The molecular formula is C16H12Cl2N2OS2. The molecule has 118 valence electrons. The van der Waals surface area contributed by atoms with Crippen molar-refractivity contribution in [1.29, 1.82) is 0 Å². The van der Waals surface area contributed by atoms with Gasteiger partial charge < -0.3 is 5.32 Å². The maximum atomic E-state index is 12.1. The molecule has 0 radical (unpaired) electrons. The van der Waals surface area contributed by atoms with E-state index in [9.17, 15) is 4.79 Å². The van der Waals surface area contributed by atoms with Crippen LogP contribution in [0.2, 0.25) is 10.0 Å². The van der Waals surface area contributed by atoms with Crippen LogP contribution in [0.15, 0.2) is 40.7 Å². The van der Waals surface area contributed by atoms with Gasteiger partial charge in [-0.05, 0) is 42.8 Å².